The van der Waals surface area contributed by atoms with Crippen molar-refractivity contribution in [3.8, 4) is 11.1 Å². The van der Waals surface area contributed by atoms with Crippen molar-refractivity contribution in [3.05, 3.63) is 51.9 Å². The summed E-state index contributed by atoms with van der Waals surface area (Å²) in [5.41, 5.74) is 4.11. The van der Waals surface area contributed by atoms with Crippen LogP contribution in [0.3, 0.4) is 0 Å². The normalized spacial score (nSPS) is 23.7. The van der Waals surface area contributed by atoms with E-state index in [0.717, 1.165) is 27.1 Å². The van der Waals surface area contributed by atoms with Crippen LogP contribution in [0.25, 0.3) is 11.1 Å². The fourth-order valence-electron chi connectivity index (χ4n) is 5.06. The minimum Gasteiger partial charge on any atom is -0.481 e. The number of esters is 1. The highest BCUT2D eigenvalue weighted by Crippen LogP contribution is 2.49. The number of carboxylic acids is 1. The van der Waals surface area contributed by atoms with Crippen LogP contribution in [0.15, 0.2) is 30.4 Å². The number of hydrogen-bond acceptors (Lipinski definition) is 5. The Labute approximate surface area is 184 Å². The fraction of sp³-hybridized carbons (Fsp3) is 0.375. The zero-order valence-corrected chi connectivity index (χ0v) is 18.7. The molecule has 0 unspecified atom stereocenters. The van der Waals surface area contributed by atoms with E-state index in [1.54, 1.807) is 0 Å². The molecule has 2 aliphatic carbocycles. The van der Waals surface area contributed by atoms with Gasteiger partial charge in [0.1, 0.15) is 10.6 Å². The highest BCUT2D eigenvalue weighted by molar-refractivity contribution is 7.17. The Kier molecular flexibility index (Phi) is 5.47. The number of benzene rings is 1. The number of methoxy groups -OCH3 is 1. The second-order valence-electron chi connectivity index (χ2n) is 8.37. The Morgan fingerprint density at radius 1 is 1.10 bits per heavy atom. The molecule has 7 heteroatoms. The predicted octanol–water partition coefficient (Wildman–Crippen LogP) is 4.59. The average Bonchev–Trinajstić information content (AvgIpc) is 3.40. The molecule has 1 heterocycles. The number of rotatable bonds is 5. The van der Waals surface area contributed by atoms with Gasteiger partial charge in [-0.15, -0.1) is 11.3 Å². The number of thiophene rings is 1. The number of aryl methyl sites for hydroxylation is 3. The van der Waals surface area contributed by atoms with E-state index in [4.69, 9.17) is 4.74 Å². The number of anilines is 1. The Morgan fingerprint density at radius 3 is 2.39 bits per heavy atom. The maximum Gasteiger partial charge on any atom is 0.341 e. The summed E-state index contributed by atoms with van der Waals surface area (Å²) in [6, 6.07) is 6.00. The molecule has 2 bridgehead atoms. The van der Waals surface area contributed by atoms with Crippen LogP contribution in [-0.2, 0) is 14.3 Å². The van der Waals surface area contributed by atoms with E-state index in [1.807, 2.05) is 51.1 Å². The molecule has 1 amide bonds. The third-order valence-electron chi connectivity index (χ3n) is 6.41. The molecule has 0 saturated heterocycles. The molecule has 1 aromatic heterocycles. The van der Waals surface area contributed by atoms with E-state index in [2.05, 4.69) is 5.32 Å². The zero-order chi connectivity index (χ0) is 22.4. The van der Waals surface area contributed by atoms with Crippen molar-refractivity contribution in [2.24, 2.45) is 23.7 Å². The van der Waals surface area contributed by atoms with Crippen molar-refractivity contribution >= 4 is 34.2 Å². The number of nitrogens with one attached hydrogen (secondary N) is 1. The third-order valence-corrected chi connectivity index (χ3v) is 7.43. The molecule has 0 aliphatic heterocycles. The molecule has 6 nitrogen and oxygen atoms in total. The van der Waals surface area contributed by atoms with E-state index in [0.29, 0.717) is 17.0 Å². The van der Waals surface area contributed by atoms with Crippen LogP contribution >= 0.6 is 11.3 Å². The number of hydrogen-bond donors (Lipinski definition) is 2. The maximum absolute atomic E-state index is 13.2. The van der Waals surface area contributed by atoms with Crippen LogP contribution in [0.4, 0.5) is 5.00 Å². The summed E-state index contributed by atoms with van der Waals surface area (Å²) in [7, 11) is 1.31. The lowest BCUT2D eigenvalue weighted by atomic mass is 9.82. The number of allylic oxidation sites excluding steroid dienone is 2. The topological polar surface area (TPSA) is 92.7 Å². The van der Waals surface area contributed by atoms with E-state index in [1.165, 1.54) is 18.4 Å². The summed E-state index contributed by atoms with van der Waals surface area (Å²) >= 11 is 1.31. The van der Waals surface area contributed by atoms with Gasteiger partial charge in [0.15, 0.2) is 0 Å². The predicted molar refractivity (Wildman–Crippen MR) is 119 cm³/mol. The monoisotopic (exact) mass is 439 g/mol. The lowest BCUT2D eigenvalue weighted by molar-refractivity contribution is -0.146. The van der Waals surface area contributed by atoms with Gasteiger partial charge in [0.05, 0.1) is 18.9 Å². The third kappa shape index (κ3) is 3.57. The Bertz CT molecular complexity index is 1120. The summed E-state index contributed by atoms with van der Waals surface area (Å²) in [6.07, 6.45) is 4.52. The Hall–Kier alpha value is -2.93. The van der Waals surface area contributed by atoms with Gasteiger partial charge in [0, 0.05) is 10.4 Å². The number of carbonyl (C=O) groups excluding carboxylic acids is 2. The van der Waals surface area contributed by atoms with Gasteiger partial charge in [0.25, 0.3) is 0 Å². The molecule has 4 atom stereocenters. The average molecular weight is 440 g/mol. The van der Waals surface area contributed by atoms with E-state index >= 15 is 0 Å². The number of carboxylic acid groups (broad SMARTS) is 1. The Morgan fingerprint density at radius 2 is 1.77 bits per heavy atom. The molecule has 2 N–H and O–H groups in total. The number of ether oxygens (including phenoxy) is 1. The Balaban J connectivity index is 1.74. The van der Waals surface area contributed by atoms with Gasteiger partial charge < -0.3 is 15.2 Å². The number of fused-ring (bicyclic) bond motifs is 2. The van der Waals surface area contributed by atoms with Crippen molar-refractivity contribution in [1.29, 1.82) is 0 Å². The van der Waals surface area contributed by atoms with Crippen molar-refractivity contribution < 1.29 is 24.2 Å². The quantitative estimate of drug-likeness (QED) is 0.525. The highest BCUT2D eigenvalue weighted by Gasteiger charge is 2.51. The molecule has 31 heavy (non-hydrogen) atoms. The minimum absolute atomic E-state index is 0.0902. The largest absolute Gasteiger partial charge is 0.481 e. The van der Waals surface area contributed by atoms with Gasteiger partial charge in [0.2, 0.25) is 5.91 Å². The number of aliphatic carboxylic acids is 1. The highest BCUT2D eigenvalue weighted by atomic mass is 32.1. The van der Waals surface area contributed by atoms with Crippen molar-refractivity contribution in [2.45, 2.75) is 27.2 Å². The van der Waals surface area contributed by atoms with Crippen LogP contribution in [-0.4, -0.2) is 30.1 Å². The van der Waals surface area contributed by atoms with Crippen LogP contribution in [0.1, 0.15) is 32.8 Å². The van der Waals surface area contributed by atoms with Crippen LogP contribution in [0, 0.1) is 44.4 Å². The van der Waals surface area contributed by atoms with Gasteiger partial charge in [-0.05, 0) is 50.2 Å². The first-order chi connectivity index (χ1) is 14.7. The van der Waals surface area contributed by atoms with Gasteiger partial charge >= 0.3 is 11.9 Å². The van der Waals surface area contributed by atoms with Gasteiger partial charge in [-0.1, -0.05) is 35.9 Å². The van der Waals surface area contributed by atoms with Gasteiger partial charge in [-0.3, -0.25) is 9.59 Å². The summed E-state index contributed by atoms with van der Waals surface area (Å²) in [5, 5.41) is 12.9. The SMILES string of the molecule is COC(=O)c1c(NC(=O)[C@@H]2[C@@H](C(=O)O)[C@H]3C=C[C@@H]2C3)sc(C)c1-c1ccc(C)cc1C. The first kappa shape index (κ1) is 21.3. The summed E-state index contributed by atoms with van der Waals surface area (Å²) < 4.78 is 5.04. The standard InChI is InChI=1S/C24H25NO5S/c1-11-5-8-16(12(2)9-11)17-13(3)31-22(20(17)24(29)30-4)25-21(26)18-14-6-7-15(10-14)19(18)23(27)28/h5-9,14-15,18-19H,10H2,1-4H3,(H,25,26)(H,27,28)/t14-,15+,18+,19+/m1/s1. The zero-order valence-electron chi connectivity index (χ0n) is 17.9. The molecule has 1 aromatic carbocycles. The second-order valence-corrected chi connectivity index (χ2v) is 9.60. The van der Waals surface area contributed by atoms with Crippen LogP contribution in [0.2, 0.25) is 0 Å². The van der Waals surface area contributed by atoms with Crippen molar-refractivity contribution in [3.63, 3.8) is 0 Å². The lowest BCUT2D eigenvalue weighted by Crippen LogP contribution is -2.36. The molecule has 0 spiro atoms. The summed E-state index contributed by atoms with van der Waals surface area (Å²) in [4.78, 5) is 38.6. The molecule has 0 radical (unpaired) electrons. The van der Waals surface area contributed by atoms with Gasteiger partial charge in [-0.2, -0.15) is 0 Å². The molecule has 162 valence electrons. The van der Waals surface area contributed by atoms with E-state index in [9.17, 15) is 19.5 Å². The first-order valence-corrected chi connectivity index (χ1v) is 11.1. The van der Waals surface area contributed by atoms with E-state index < -0.39 is 23.8 Å². The molecule has 1 saturated carbocycles. The number of carbonyl (C=O) groups is 3. The van der Waals surface area contributed by atoms with Gasteiger partial charge in [-0.25, -0.2) is 4.79 Å². The lowest BCUT2D eigenvalue weighted by Gasteiger charge is -2.23. The van der Waals surface area contributed by atoms with Crippen LogP contribution in [0.5, 0.6) is 0 Å². The molecule has 2 aromatic rings. The smallest absolute Gasteiger partial charge is 0.341 e. The summed E-state index contributed by atoms with van der Waals surface area (Å²) in [5.74, 6) is -3.44. The van der Waals surface area contributed by atoms with E-state index in [-0.39, 0.29) is 17.7 Å². The number of amides is 1. The van der Waals surface area contributed by atoms with Crippen molar-refractivity contribution in [2.75, 3.05) is 12.4 Å². The molecule has 4 rings (SSSR count). The first-order valence-electron chi connectivity index (χ1n) is 10.2. The molecular formula is C24H25NO5S. The molecule has 1 fully saturated rings. The maximum atomic E-state index is 13.2. The molecule has 2 aliphatic rings. The summed E-state index contributed by atoms with van der Waals surface area (Å²) in [6.45, 7) is 5.90. The van der Waals surface area contributed by atoms with Crippen LogP contribution < -0.4 is 5.32 Å². The van der Waals surface area contributed by atoms with Crippen molar-refractivity contribution in [1.82, 2.24) is 0 Å². The molecular weight excluding hydrogens is 414 g/mol. The fourth-order valence-corrected chi connectivity index (χ4v) is 6.12. The second kappa shape index (κ2) is 7.96. The minimum atomic E-state index is -0.955.